The molecule has 158 valence electrons. The Labute approximate surface area is 175 Å². The van der Waals surface area contributed by atoms with Gasteiger partial charge in [0.25, 0.3) is 5.91 Å². The summed E-state index contributed by atoms with van der Waals surface area (Å²) in [6, 6.07) is 15.7. The second-order valence-corrected chi connectivity index (χ2v) is 8.88. The van der Waals surface area contributed by atoms with Crippen LogP contribution in [0.3, 0.4) is 0 Å². The van der Waals surface area contributed by atoms with Gasteiger partial charge in [-0.2, -0.15) is 0 Å². The lowest BCUT2D eigenvalue weighted by Crippen LogP contribution is -2.34. The summed E-state index contributed by atoms with van der Waals surface area (Å²) in [7, 11) is -3.52. The van der Waals surface area contributed by atoms with Crippen LogP contribution in [0, 0.1) is 0 Å². The zero-order chi connectivity index (χ0) is 21.6. The maximum absolute atomic E-state index is 12.2. The van der Waals surface area contributed by atoms with Gasteiger partial charge < -0.3 is 5.32 Å². The average Bonchev–Trinajstić information content (AvgIpc) is 3.05. The highest BCUT2D eigenvalue weighted by atomic mass is 32.2. The summed E-state index contributed by atoms with van der Waals surface area (Å²) in [6.07, 6.45) is 0.477. The molecule has 0 aromatic heterocycles. The van der Waals surface area contributed by atoms with E-state index in [4.69, 9.17) is 0 Å². The van der Waals surface area contributed by atoms with Gasteiger partial charge in [-0.1, -0.05) is 42.5 Å². The molecule has 3 amide bonds. The molecule has 0 atom stereocenters. The van der Waals surface area contributed by atoms with Crippen molar-refractivity contribution in [3.8, 4) is 0 Å². The normalized spacial score (nSPS) is 14.2. The Hall–Kier alpha value is -3.04. The van der Waals surface area contributed by atoms with Crippen molar-refractivity contribution in [1.29, 1.82) is 0 Å². The first kappa shape index (κ1) is 21.7. The molecule has 1 saturated heterocycles. The van der Waals surface area contributed by atoms with Gasteiger partial charge >= 0.3 is 0 Å². The standard InChI is InChI=1S/C21H23N3O5S/c25-19-10-11-20(26)24(19)15-17-6-8-18(9-7-17)21(27)22-12-13-30(28,29)23-14-16-4-2-1-3-5-16/h1-9,23H,10-15H2,(H,22,27). The summed E-state index contributed by atoms with van der Waals surface area (Å²) in [5.41, 5.74) is 1.96. The van der Waals surface area contributed by atoms with Gasteiger partial charge in [-0.05, 0) is 23.3 Å². The number of carbonyl (C=O) groups excluding carboxylic acids is 3. The van der Waals surface area contributed by atoms with Crippen molar-refractivity contribution in [1.82, 2.24) is 14.9 Å². The number of imide groups is 1. The van der Waals surface area contributed by atoms with Gasteiger partial charge in [0.1, 0.15) is 0 Å². The number of nitrogens with zero attached hydrogens (tertiary/aromatic N) is 1. The van der Waals surface area contributed by atoms with E-state index in [0.717, 1.165) is 11.1 Å². The van der Waals surface area contributed by atoms with E-state index in [-0.39, 0.29) is 50.0 Å². The maximum Gasteiger partial charge on any atom is 0.251 e. The van der Waals surface area contributed by atoms with Gasteiger partial charge in [0, 0.05) is 31.5 Å². The highest BCUT2D eigenvalue weighted by molar-refractivity contribution is 7.89. The molecule has 0 bridgehead atoms. The number of likely N-dealkylation sites (tertiary alicyclic amines) is 1. The largest absolute Gasteiger partial charge is 0.351 e. The van der Waals surface area contributed by atoms with E-state index in [1.54, 1.807) is 24.3 Å². The molecule has 2 aromatic carbocycles. The monoisotopic (exact) mass is 429 g/mol. The van der Waals surface area contributed by atoms with E-state index in [2.05, 4.69) is 10.0 Å². The van der Waals surface area contributed by atoms with Crippen LogP contribution in [0.5, 0.6) is 0 Å². The molecular weight excluding hydrogens is 406 g/mol. The molecule has 1 fully saturated rings. The van der Waals surface area contributed by atoms with Gasteiger partial charge in [0.15, 0.2) is 0 Å². The Morgan fingerprint density at radius 3 is 2.17 bits per heavy atom. The number of rotatable bonds is 9. The quantitative estimate of drug-likeness (QED) is 0.582. The molecule has 3 rings (SSSR count). The van der Waals surface area contributed by atoms with Crippen molar-refractivity contribution in [2.75, 3.05) is 12.3 Å². The smallest absolute Gasteiger partial charge is 0.251 e. The van der Waals surface area contributed by atoms with Crippen LogP contribution in [0.15, 0.2) is 54.6 Å². The Kier molecular flexibility index (Phi) is 6.96. The zero-order valence-electron chi connectivity index (χ0n) is 16.3. The van der Waals surface area contributed by atoms with Crippen LogP contribution in [0.1, 0.15) is 34.3 Å². The highest BCUT2D eigenvalue weighted by Crippen LogP contribution is 2.16. The Morgan fingerprint density at radius 1 is 0.900 bits per heavy atom. The maximum atomic E-state index is 12.2. The molecule has 2 aromatic rings. The molecular formula is C21H23N3O5S. The summed E-state index contributed by atoms with van der Waals surface area (Å²) >= 11 is 0. The van der Waals surface area contributed by atoms with E-state index >= 15 is 0 Å². The first-order valence-electron chi connectivity index (χ1n) is 9.56. The minimum absolute atomic E-state index is 0.0263. The first-order valence-corrected chi connectivity index (χ1v) is 11.2. The van der Waals surface area contributed by atoms with E-state index in [9.17, 15) is 22.8 Å². The fraction of sp³-hybridized carbons (Fsp3) is 0.286. The van der Waals surface area contributed by atoms with Gasteiger partial charge in [0.05, 0.1) is 12.3 Å². The molecule has 1 aliphatic rings. The van der Waals surface area contributed by atoms with Crippen LogP contribution in [-0.2, 0) is 32.7 Å². The van der Waals surface area contributed by atoms with Crippen LogP contribution in [0.2, 0.25) is 0 Å². The van der Waals surface area contributed by atoms with Crippen molar-refractivity contribution in [2.24, 2.45) is 0 Å². The molecule has 8 nitrogen and oxygen atoms in total. The predicted octanol–water partition coefficient (Wildman–Crippen LogP) is 1.18. The summed E-state index contributed by atoms with van der Waals surface area (Å²) < 4.78 is 26.6. The van der Waals surface area contributed by atoms with E-state index in [1.165, 1.54) is 4.90 Å². The van der Waals surface area contributed by atoms with Gasteiger partial charge in [-0.15, -0.1) is 0 Å². The third-order valence-corrected chi connectivity index (χ3v) is 6.03. The van der Waals surface area contributed by atoms with Crippen molar-refractivity contribution in [2.45, 2.75) is 25.9 Å². The van der Waals surface area contributed by atoms with Crippen LogP contribution in [0.4, 0.5) is 0 Å². The first-order chi connectivity index (χ1) is 14.3. The van der Waals surface area contributed by atoms with Crippen LogP contribution < -0.4 is 10.0 Å². The number of amides is 3. The zero-order valence-corrected chi connectivity index (χ0v) is 17.2. The summed E-state index contributed by atoms with van der Waals surface area (Å²) in [5, 5.41) is 2.58. The second-order valence-electron chi connectivity index (χ2n) is 6.95. The molecule has 0 aliphatic carbocycles. The summed E-state index contributed by atoms with van der Waals surface area (Å²) in [6.45, 7) is 0.354. The van der Waals surface area contributed by atoms with Crippen molar-refractivity contribution in [3.05, 3.63) is 71.3 Å². The third-order valence-electron chi connectivity index (χ3n) is 4.71. The lowest BCUT2D eigenvalue weighted by Gasteiger charge is -2.14. The Morgan fingerprint density at radius 2 is 1.53 bits per heavy atom. The third kappa shape index (κ3) is 5.98. The molecule has 0 radical (unpaired) electrons. The van der Waals surface area contributed by atoms with Crippen LogP contribution in [0.25, 0.3) is 0 Å². The lowest BCUT2D eigenvalue weighted by molar-refractivity contribution is -0.139. The number of sulfonamides is 1. The van der Waals surface area contributed by atoms with Crippen LogP contribution >= 0.6 is 0 Å². The number of carbonyl (C=O) groups is 3. The SMILES string of the molecule is O=C(NCCS(=O)(=O)NCc1ccccc1)c1ccc(CN2C(=O)CCC2=O)cc1. The van der Waals surface area contributed by atoms with E-state index in [1.807, 2.05) is 30.3 Å². The molecule has 0 spiro atoms. The molecule has 1 aliphatic heterocycles. The lowest BCUT2D eigenvalue weighted by atomic mass is 10.1. The fourth-order valence-electron chi connectivity index (χ4n) is 3.01. The van der Waals surface area contributed by atoms with Crippen molar-refractivity contribution >= 4 is 27.7 Å². The topological polar surface area (TPSA) is 113 Å². The van der Waals surface area contributed by atoms with Crippen LogP contribution in [-0.4, -0.2) is 43.3 Å². The molecule has 0 saturated carbocycles. The summed E-state index contributed by atoms with van der Waals surface area (Å²) in [5.74, 6) is -1.01. The second kappa shape index (κ2) is 9.64. The molecule has 9 heteroatoms. The average molecular weight is 429 g/mol. The minimum atomic E-state index is -3.52. The molecule has 1 heterocycles. The van der Waals surface area contributed by atoms with Crippen molar-refractivity contribution in [3.63, 3.8) is 0 Å². The molecule has 30 heavy (non-hydrogen) atoms. The Balaban J connectivity index is 1.45. The van der Waals surface area contributed by atoms with E-state index in [0.29, 0.717) is 5.56 Å². The number of hydrogen-bond acceptors (Lipinski definition) is 5. The molecule has 2 N–H and O–H groups in total. The van der Waals surface area contributed by atoms with E-state index < -0.39 is 15.9 Å². The molecule has 0 unspecified atom stereocenters. The van der Waals surface area contributed by atoms with Crippen molar-refractivity contribution < 1.29 is 22.8 Å². The number of nitrogens with one attached hydrogen (secondary N) is 2. The summed E-state index contributed by atoms with van der Waals surface area (Å²) in [4.78, 5) is 36.8. The highest BCUT2D eigenvalue weighted by Gasteiger charge is 2.28. The predicted molar refractivity (Wildman–Crippen MR) is 111 cm³/mol. The number of benzene rings is 2. The minimum Gasteiger partial charge on any atom is -0.351 e. The Bertz CT molecular complexity index is 1000. The van der Waals surface area contributed by atoms with Gasteiger partial charge in [0.2, 0.25) is 21.8 Å². The number of hydrogen-bond donors (Lipinski definition) is 2. The van der Waals surface area contributed by atoms with Gasteiger partial charge in [-0.25, -0.2) is 13.1 Å². The fourth-order valence-corrected chi connectivity index (χ4v) is 3.91. The van der Waals surface area contributed by atoms with Gasteiger partial charge in [-0.3, -0.25) is 19.3 Å².